The number of amides is 1. The van der Waals surface area contributed by atoms with Crippen molar-refractivity contribution in [2.45, 2.75) is 19.4 Å². The summed E-state index contributed by atoms with van der Waals surface area (Å²) in [5.41, 5.74) is 0.499. The van der Waals surface area contributed by atoms with Gasteiger partial charge in [-0.25, -0.2) is 4.39 Å². The van der Waals surface area contributed by atoms with Crippen LogP contribution >= 0.6 is 15.9 Å². The smallest absolute Gasteiger partial charge is 0.295 e. The Bertz CT molecular complexity index is 892. The fraction of sp³-hybridized carbons (Fsp3) is 0.200. The first kappa shape index (κ1) is 18.3. The van der Waals surface area contributed by atoms with E-state index in [9.17, 15) is 19.1 Å². The van der Waals surface area contributed by atoms with Crippen molar-refractivity contribution in [3.63, 3.8) is 0 Å². The van der Waals surface area contributed by atoms with Crippen LogP contribution in [0.4, 0.5) is 4.39 Å². The zero-order valence-corrected chi connectivity index (χ0v) is 15.7. The Labute approximate surface area is 159 Å². The van der Waals surface area contributed by atoms with Crippen molar-refractivity contribution in [3.8, 4) is 0 Å². The number of benzene rings is 2. The van der Waals surface area contributed by atoms with Gasteiger partial charge < -0.3 is 10.0 Å². The second-order valence-corrected chi connectivity index (χ2v) is 6.94. The molecule has 1 fully saturated rings. The molecule has 0 radical (unpaired) electrons. The molecule has 1 heterocycles. The van der Waals surface area contributed by atoms with E-state index in [1.165, 1.54) is 17.0 Å². The Balaban J connectivity index is 2.21. The van der Waals surface area contributed by atoms with E-state index >= 15 is 0 Å². The number of nitrogens with zero attached hydrogens (tertiary/aromatic N) is 1. The first-order valence-electron chi connectivity index (χ1n) is 8.24. The normalized spacial score (nSPS) is 19.2. The monoisotopic (exact) mass is 417 g/mol. The van der Waals surface area contributed by atoms with Gasteiger partial charge in [0, 0.05) is 22.1 Å². The molecule has 1 unspecified atom stereocenters. The topological polar surface area (TPSA) is 57.6 Å². The molecule has 2 aromatic rings. The molecule has 1 N–H and O–H groups in total. The van der Waals surface area contributed by atoms with Gasteiger partial charge in [-0.15, -0.1) is 0 Å². The number of rotatable bonds is 4. The number of aliphatic hydroxyl groups is 1. The molecule has 1 aliphatic rings. The number of ketones is 1. The van der Waals surface area contributed by atoms with E-state index in [0.29, 0.717) is 18.5 Å². The third-order valence-electron chi connectivity index (χ3n) is 4.32. The summed E-state index contributed by atoms with van der Waals surface area (Å²) in [5, 5.41) is 10.8. The highest BCUT2D eigenvalue weighted by atomic mass is 79.9. The molecule has 0 bridgehead atoms. The Morgan fingerprint density at radius 2 is 1.81 bits per heavy atom. The van der Waals surface area contributed by atoms with Crippen LogP contribution in [0, 0.1) is 5.82 Å². The average Bonchev–Trinajstić information content (AvgIpc) is 2.87. The van der Waals surface area contributed by atoms with Gasteiger partial charge in [0.15, 0.2) is 0 Å². The lowest BCUT2D eigenvalue weighted by molar-refractivity contribution is -0.139. The van der Waals surface area contributed by atoms with Crippen LogP contribution in [0.5, 0.6) is 0 Å². The zero-order valence-electron chi connectivity index (χ0n) is 14.1. The lowest BCUT2D eigenvalue weighted by Crippen LogP contribution is -2.30. The second-order valence-electron chi connectivity index (χ2n) is 6.02. The van der Waals surface area contributed by atoms with Crippen LogP contribution in [0.3, 0.4) is 0 Å². The number of carbonyl (C=O) groups excluding carboxylic acids is 2. The number of halogens is 2. The predicted molar refractivity (Wildman–Crippen MR) is 99.8 cm³/mol. The number of Topliss-reactive ketones (excluding diaryl/α,β-unsaturated/α-hetero) is 1. The molecule has 1 atom stereocenters. The van der Waals surface area contributed by atoms with Crippen LogP contribution in [0.25, 0.3) is 5.76 Å². The Hall–Kier alpha value is -2.47. The van der Waals surface area contributed by atoms with Gasteiger partial charge in [-0.3, -0.25) is 9.59 Å². The van der Waals surface area contributed by atoms with Crippen molar-refractivity contribution in [1.29, 1.82) is 0 Å². The molecule has 134 valence electrons. The van der Waals surface area contributed by atoms with Crippen molar-refractivity contribution in [1.82, 2.24) is 4.90 Å². The molecule has 0 aliphatic carbocycles. The summed E-state index contributed by atoms with van der Waals surface area (Å²) in [6.07, 6.45) is 0.607. The van der Waals surface area contributed by atoms with Gasteiger partial charge in [0.05, 0.1) is 11.6 Å². The molecule has 3 rings (SSSR count). The SMILES string of the molecule is CCCN1C(=O)C(=O)/C(=C(\O)c2ccc(Br)cc2)C1c1ccccc1F. The van der Waals surface area contributed by atoms with Crippen LogP contribution in [0.15, 0.2) is 58.6 Å². The van der Waals surface area contributed by atoms with Crippen LogP contribution in [0.2, 0.25) is 0 Å². The molecule has 0 aromatic heterocycles. The summed E-state index contributed by atoms with van der Waals surface area (Å²) < 4.78 is 15.3. The number of hydrogen-bond donors (Lipinski definition) is 1. The summed E-state index contributed by atoms with van der Waals surface area (Å²) >= 11 is 3.31. The number of likely N-dealkylation sites (tertiary alicyclic amines) is 1. The van der Waals surface area contributed by atoms with Gasteiger partial charge in [-0.2, -0.15) is 0 Å². The van der Waals surface area contributed by atoms with Crippen molar-refractivity contribution in [2.24, 2.45) is 0 Å². The molecular weight excluding hydrogens is 401 g/mol. The van der Waals surface area contributed by atoms with E-state index in [2.05, 4.69) is 15.9 Å². The zero-order chi connectivity index (χ0) is 18.8. The first-order valence-corrected chi connectivity index (χ1v) is 9.03. The highest BCUT2D eigenvalue weighted by molar-refractivity contribution is 9.10. The van der Waals surface area contributed by atoms with Crippen LogP contribution in [-0.4, -0.2) is 28.2 Å². The van der Waals surface area contributed by atoms with Crippen LogP contribution in [-0.2, 0) is 9.59 Å². The maximum absolute atomic E-state index is 14.4. The van der Waals surface area contributed by atoms with E-state index in [1.54, 1.807) is 36.4 Å². The van der Waals surface area contributed by atoms with Gasteiger partial charge in [0.1, 0.15) is 11.6 Å². The quantitative estimate of drug-likeness (QED) is 0.455. The van der Waals surface area contributed by atoms with Gasteiger partial charge >= 0.3 is 0 Å². The lowest BCUT2D eigenvalue weighted by atomic mass is 9.95. The first-order chi connectivity index (χ1) is 12.5. The van der Waals surface area contributed by atoms with Crippen LogP contribution in [0.1, 0.15) is 30.5 Å². The molecule has 4 nitrogen and oxygen atoms in total. The summed E-state index contributed by atoms with van der Waals surface area (Å²) in [7, 11) is 0. The van der Waals surface area contributed by atoms with E-state index in [0.717, 1.165) is 4.47 Å². The van der Waals surface area contributed by atoms with E-state index in [4.69, 9.17) is 0 Å². The fourth-order valence-corrected chi connectivity index (χ4v) is 3.40. The molecule has 1 saturated heterocycles. The van der Waals surface area contributed by atoms with Gasteiger partial charge in [-0.05, 0) is 24.6 Å². The predicted octanol–water partition coefficient (Wildman–Crippen LogP) is 4.42. The highest BCUT2D eigenvalue weighted by Gasteiger charge is 2.46. The second kappa shape index (κ2) is 7.41. The third-order valence-corrected chi connectivity index (χ3v) is 4.85. The Morgan fingerprint density at radius 1 is 1.15 bits per heavy atom. The number of aliphatic hydroxyl groups excluding tert-OH is 1. The molecule has 0 spiro atoms. The standard InChI is InChI=1S/C20H17BrFNO3/c1-2-11-23-17(14-5-3-4-6-15(14)22)16(19(25)20(23)26)18(24)12-7-9-13(21)10-8-12/h3-10,17,24H,2,11H2,1H3/b18-16-. The van der Waals surface area contributed by atoms with E-state index in [1.807, 2.05) is 6.92 Å². The van der Waals surface area contributed by atoms with Crippen molar-refractivity contribution >= 4 is 33.4 Å². The maximum Gasteiger partial charge on any atom is 0.295 e. The molecule has 1 aliphatic heterocycles. The third kappa shape index (κ3) is 3.17. The maximum atomic E-state index is 14.4. The summed E-state index contributed by atoms with van der Waals surface area (Å²) in [6.45, 7) is 2.16. The molecule has 6 heteroatoms. The molecule has 1 amide bonds. The molecular formula is C20H17BrFNO3. The van der Waals surface area contributed by atoms with Gasteiger partial charge in [0.25, 0.3) is 11.7 Å². The number of carbonyl (C=O) groups is 2. The Morgan fingerprint density at radius 3 is 2.42 bits per heavy atom. The van der Waals surface area contributed by atoms with Gasteiger partial charge in [-0.1, -0.05) is 53.2 Å². The largest absolute Gasteiger partial charge is 0.507 e. The van der Waals surface area contributed by atoms with Crippen molar-refractivity contribution in [2.75, 3.05) is 6.54 Å². The average molecular weight is 418 g/mol. The van der Waals surface area contributed by atoms with Crippen molar-refractivity contribution in [3.05, 3.63) is 75.5 Å². The fourth-order valence-electron chi connectivity index (χ4n) is 3.13. The minimum atomic E-state index is -0.945. The van der Waals surface area contributed by atoms with Crippen molar-refractivity contribution < 1.29 is 19.1 Å². The van der Waals surface area contributed by atoms with E-state index in [-0.39, 0.29) is 16.9 Å². The highest BCUT2D eigenvalue weighted by Crippen LogP contribution is 2.40. The molecule has 26 heavy (non-hydrogen) atoms. The Kier molecular flexibility index (Phi) is 5.23. The lowest BCUT2D eigenvalue weighted by Gasteiger charge is -2.25. The summed E-state index contributed by atoms with van der Waals surface area (Å²) in [4.78, 5) is 26.4. The van der Waals surface area contributed by atoms with Crippen LogP contribution < -0.4 is 0 Å². The van der Waals surface area contributed by atoms with Gasteiger partial charge in [0.2, 0.25) is 0 Å². The molecule has 0 saturated carbocycles. The summed E-state index contributed by atoms with van der Waals surface area (Å²) in [6, 6.07) is 11.7. The number of hydrogen-bond acceptors (Lipinski definition) is 3. The minimum absolute atomic E-state index is 0.0872. The minimum Gasteiger partial charge on any atom is -0.507 e. The molecule has 2 aromatic carbocycles. The summed E-state index contributed by atoms with van der Waals surface area (Å²) in [5.74, 6) is -2.35. The van der Waals surface area contributed by atoms with E-state index < -0.39 is 23.5 Å².